The van der Waals surface area contributed by atoms with Gasteiger partial charge in [0, 0.05) is 23.1 Å². The molecule has 1 saturated carbocycles. The smallest absolute Gasteiger partial charge is 0.322 e. The molecular weight excluding hydrogens is 476 g/mol. The Hall–Kier alpha value is -4.04. The highest BCUT2D eigenvalue weighted by Crippen LogP contribution is 2.28. The molecule has 0 spiro atoms. The first-order chi connectivity index (χ1) is 18.5. The lowest BCUT2D eigenvalue weighted by Crippen LogP contribution is -2.27. The largest absolute Gasteiger partial charge is 0.460 e. The van der Waals surface area contributed by atoms with E-state index in [0.29, 0.717) is 18.5 Å². The van der Waals surface area contributed by atoms with Crippen LogP contribution in [0.4, 0.5) is 5.95 Å². The van der Waals surface area contributed by atoms with Crippen molar-refractivity contribution in [2.45, 2.75) is 64.2 Å². The molecule has 38 heavy (non-hydrogen) atoms. The Morgan fingerprint density at radius 1 is 0.947 bits per heavy atom. The number of aromatic nitrogens is 5. The number of aliphatic hydroxyl groups excluding tert-OH is 1. The van der Waals surface area contributed by atoms with E-state index < -0.39 is 0 Å². The fraction of sp³-hybridized carbons (Fsp3) is 0.333. The Balaban J connectivity index is 1.31. The highest BCUT2D eigenvalue weighted by molar-refractivity contribution is 5.82. The summed E-state index contributed by atoms with van der Waals surface area (Å²) in [4.78, 5) is 14.4. The van der Waals surface area contributed by atoms with Crippen molar-refractivity contribution in [3.05, 3.63) is 78.0 Å². The summed E-state index contributed by atoms with van der Waals surface area (Å²) in [5, 5.41) is 19.1. The minimum Gasteiger partial charge on any atom is -0.460 e. The Morgan fingerprint density at radius 2 is 1.74 bits per heavy atom. The van der Waals surface area contributed by atoms with Crippen LogP contribution in [0, 0.1) is 0 Å². The summed E-state index contributed by atoms with van der Waals surface area (Å²) in [6.45, 7) is 4.78. The van der Waals surface area contributed by atoms with Crippen molar-refractivity contribution in [1.82, 2.24) is 24.6 Å². The van der Waals surface area contributed by atoms with Crippen molar-refractivity contribution >= 4 is 22.5 Å². The van der Waals surface area contributed by atoms with Gasteiger partial charge in [0.2, 0.25) is 5.95 Å². The third-order valence-electron chi connectivity index (χ3n) is 7.24. The second-order valence-electron chi connectivity index (χ2n) is 10.3. The number of anilines is 1. The number of benzene rings is 2. The number of ether oxygens (including phenoxy) is 1. The lowest BCUT2D eigenvalue weighted by Gasteiger charge is -2.25. The van der Waals surface area contributed by atoms with Gasteiger partial charge in [0.15, 0.2) is 5.65 Å². The van der Waals surface area contributed by atoms with Crippen LogP contribution < -0.4 is 10.1 Å². The van der Waals surface area contributed by atoms with Gasteiger partial charge in [-0.05, 0) is 49.3 Å². The number of pyridine rings is 1. The van der Waals surface area contributed by atoms with Crippen molar-refractivity contribution in [3.63, 3.8) is 0 Å². The van der Waals surface area contributed by atoms with Crippen LogP contribution in [0.1, 0.15) is 56.6 Å². The van der Waals surface area contributed by atoms with Crippen LogP contribution in [-0.2, 0) is 6.54 Å². The molecule has 5 aromatic rings. The molecule has 1 aliphatic rings. The molecule has 2 aromatic carbocycles. The minimum absolute atomic E-state index is 0.00109. The zero-order valence-electron chi connectivity index (χ0n) is 21.7. The van der Waals surface area contributed by atoms with E-state index in [0.717, 1.165) is 64.6 Å². The van der Waals surface area contributed by atoms with Crippen LogP contribution in [0.2, 0.25) is 0 Å². The Labute approximate surface area is 221 Å². The molecule has 8 nitrogen and oxygen atoms in total. The molecule has 0 radical (unpaired) electrons. The number of para-hydroxylation sites is 1. The fourth-order valence-corrected chi connectivity index (χ4v) is 5.08. The van der Waals surface area contributed by atoms with Crippen LogP contribution in [0.25, 0.3) is 27.8 Å². The van der Waals surface area contributed by atoms with E-state index in [1.54, 1.807) is 4.52 Å². The van der Waals surface area contributed by atoms with Crippen LogP contribution in [-0.4, -0.2) is 41.9 Å². The molecule has 0 bridgehead atoms. The van der Waals surface area contributed by atoms with E-state index in [4.69, 9.17) is 19.7 Å². The Bertz CT molecular complexity index is 1570. The van der Waals surface area contributed by atoms with Crippen LogP contribution in [0.3, 0.4) is 0 Å². The average molecular weight is 509 g/mol. The van der Waals surface area contributed by atoms with Gasteiger partial charge in [-0.2, -0.15) is 19.6 Å². The first kappa shape index (κ1) is 24.3. The first-order valence-electron chi connectivity index (χ1n) is 13.3. The monoisotopic (exact) mass is 508 g/mol. The van der Waals surface area contributed by atoms with Gasteiger partial charge in [0.1, 0.15) is 6.10 Å². The van der Waals surface area contributed by atoms with Crippen molar-refractivity contribution in [2.75, 3.05) is 5.32 Å². The summed E-state index contributed by atoms with van der Waals surface area (Å²) in [5.41, 5.74) is 5.85. The number of fused-ring (bicyclic) bond motifs is 2. The molecule has 0 atom stereocenters. The normalized spacial score (nSPS) is 17.8. The number of nitrogens with zero attached hydrogens (tertiary/aromatic N) is 5. The van der Waals surface area contributed by atoms with E-state index in [1.165, 1.54) is 0 Å². The number of hydrogen-bond donors (Lipinski definition) is 2. The Morgan fingerprint density at radius 3 is 2.58 bits per heavy atom. The number of aliphatic hydroxyl groups is 1. The molecular formula is C30H32N6O2. The number of rotatable bonds is 7. The fourth-order valence-electron chi connectivity index (χ4n) is 5.08. The lowest BCUT2D eigenvalue weighted by molar-refractivity contribution is 0.0619. The predicted octanol–water partition coefficient (Wildman–Crippen LogP) is 5.76. The average Bonchev–Trinajstić information content (AvgIpc) is 3.37. The molecule has 6 rings (SSSR count). The van der Waals surface area contributed by atoms with E-state index in [-0.39, 0.29) is 18.1 Å². The van der Waals surface area contributed by atoms with Gasteiger partial charge in [0.05, 0.1) is 23.5 Å². The van der Waals surface area contributed by atoms with E-state index in [1.807, 2.05) is 36.5 Å². The summed E-state index contributed by atoms with van der Waals surface area (Å²) in [6, 6.07) is 20.9. The highest BCUT2D eigenvalue weighted by Gasteiger charge is 2.23. The van der Waals surface area contributed by atoms with Crippen molar-refractivity contribution < 1.29 is 9.84 Å². The zero-order valence-corrected chi connectivity index (χ0v) is 21.7. The maximum absolute atomic E-state index is 9.87. The quantitative estimate of drug-likeness (QED) is 0.289. The number of nitrogens with one attached hydrogen (secondary N) is 1. The molecule has 0 aliphatic heterocycles. The van der Waals surface area contributed by atoms with E-state index in [2.05, 4.69) is 54.6 Å². The maximum atomic E-state index is 9.87. The third-order valence-corrected chi connectivity index (χ3v) is 7.24. The zero-order chi connectivity index (χ0) is 26.1. The van der Waals surface area contributed by atoms with Gasteiger partial charge in [-0.1, -0.05) is 62.4 Å². The van der Waals surface area contributed by atoms with Crippen molar-refractivity contribution in [1.29, 1.82) is 0 Å². The lowest BCUT2D eigenvalue weighted by atomic mass is 9.95. The molecule has 3 aromatic heterocycles. The summed E-state index contributed by atoms with van der Waals surface area (Å²) in [5.74, 6) is 0.835. The van der Waals surface area contributed by atoms with Crippen molar-refractivity contribution in [3.8, 4) is 17.3 Å². The second kappa shape index (κ2) is 10.4. The van der Waals surface area contributed by atoms with Gasteiger partial charge < -0.3 is 15.2 Å². The summed E-state index contributed by atoms with van der Waals surface area (Å²) < 4.78 is 7.97. The number of hydrogen-bond acceptors (Lipinski definition) is 7. The Kier molecular flexibility index (Phi) is 6.64. The molecule has 194 valence electrons. The second-order valence-corrected chi connectivity index (χ2v) is 10.3. The molecule has 0 saturated heterocycles. The highest BCUT2D eigenvalue weighted by atomic mass is 16.5. The topological polar surface area (TPSA) is 97.5 Å². The maximum Gasteiger partial charge on any atom is 0.322 e. The van der Waals surface area contributed by atoms with Crippen LogP contribution in [0.5, 0.6) is 6.01 Å². The molecule has 2 N–H and O–H groups in total. The molecule has 8 heteroatoms. The van der Waals surface area contributed by atoms with Gasteiger partial charge in [-0.15, -0.1) is 0 Å². The molecule has 0 unspecified atom stereocenters. The summed E-state index contributed by atoms with van der Waals surface area (Å²) >= 11 is 0. The SMILES string of the molecule is CC(C)c1cnn2c(NCc3ccccc3-c3ccc4ccccc4n3)nc(OC3CCC(O)CC3)nc12. The first-order valence-corrected chi connectivity index (χ1v) is 13.3. The third kappa shape index (κ3) is 4.91. The van der Waals surface area contributed by atoms with Crippen LogP contribution >= 0.6 is 0 Å². The van der Waals surface area contributed by atoms with Crippen molar-refractivity contribution in [2.24, 2.45) is 0 Å². The summed E-state index contributed by atoms with van der Waals surface area (Å²) in [7, 11) is 0. The van der Waals surface area contributed by atoms with E-state index >= 15 is 0 Å². The van der Waals surface area contributed by atoms with Gasteiger partial charge in [-0.3, -0.25) is 0 Å². The van der Waals surface area contributed by atoms with Gasteiger partial charge >= 0.3 is 6.01 Å². The molecule has 1 aliphatic carbocycles. The van der Waals surface area contributed by atoms with Gasteiger partial charge in [-0.25, -0.2) is 4.98 Å². The predicted molar refractivity (Wildman–Crippen MR) is 148 cm³/mol. The minimum atomic E-state index is -0.241. The summed E-state index contributed by atoms with van der Waals surface area (Å²) in [6.07, 6.45) is 4.67. The molecule has 0 amide bonds. The molecule has 3 heterocycles. The van der Waals surface area contributed by atoms with Crippen LogP contribution in [0.15, 0.2) is 66.9 Å². The standard InChI is InChI=1S/C30H32N6O2/c1-19(2)25-18-32-36-28(25)34-30(38-23-14-12-22(37)13-15-23)35-29(36)31-17-21-8-3-5-9-24(21)27-16-11-20-7-4-6-10-26(20)33-27/h3-11,16,18-19,22-23,37H,12-15,17H2,1-2H3,(H,31,34,35). The van der Waals surface area contributed by atoms with E-state index in [9.17, 15) is 5.11 Å². The van der Waals surface area contributed by atoms with Gasteiger partial charge in [0.25, 0.3) is 0 Å². The molecule has 1 fully saturated rings.